The van der Waals surface area contributed by atoms with Crippen molar-refractivity contribution in [2.75, 3.05) is 40.6 Å². The predicted molar refractivity (Wildman–Crippen MR) is 56.6 cm³/mol. The third-order valence-corrected chi connectivity index (χ3v) is 1.20. The molecule has 0 fully saturated rings. The van der Waals surface area contributed by atoms with Gasteiger partial charge in [-0.15, -0.1) is 0 Å². The summed E-state index contributed by atoms with van der Waals surface area (Å²) in [4.78, 5) is 10.2. The van der Waals surface area contributed by atoms with Gasteiger partial charge in [-0.05, 0) is 6.92 Å². The summed E-state index contributed by atoms with van der Waals surface area (Å²) in [6, 6.07) is 0. The van der Waals surface area contributed by atoms with Gasteiger partial charge in [0.15, 0.2) is 0 Å². The van der Waals surface area contributed by atoms with Crippen molar-refractivity contribution in [3.63, 3.8) is 0 Å². The van der Waals surface area contributed by atoms with Gasteiger partial charge in [-0.25, -0.2) is 4.79 Å². The monoisotopic (exact) mass is 220 g/mol. The van der Waals surface area contributed by atoms with Gasteiger partial charge in [0.05, 0.1) is 33.5 Å². The van der Waals surface area contributed by atoms with E-state index in [0.717, 1.165) is 0 Å². The molecule has 0 unspecified atom stereocenters. The van der Waals surface area contributed by atoms with Gasteiger partial charge in [-0.2, -0.15) is 0 Å². The van der Waals surface area contributed by atoms with Crippen molar-refractivity contribution in [1.82, 2.24) is 0 Å². The first-order valence-corrected chi connectivity index (χ1v) is 4.51. The van der Waals surface area contributed by atoms with E-state index in [1.165, 1.54) is 7.11 Å². The molecular weight excluding hydrogens is 200 g/mol. The normalized spacial score (nSPS) is 8.80. The Morgan fingerprint density at radius 1 is 1.27 bits per heavy atom. The number of aliphatic hydroxyl groups excluding tert-OH is 1. The minimum Gasteiger partial charge on any atom is -0.466 e. The van der Waals surface area contributed by atoms with Crippen LogP contribution in [-0.4, -0.2) is 51.7 Å². The van der Waals surface area contributed by atoms with Gasteiger partial charge >= 0.3 is 5.97 Å². The fraction of sp³-hybridized carbons (Fsp3) is 0.700. The summed E-state index contributed by atoms with van der Waals surface area (Å²) < 4.78 is 13.8. The maximum absolute atomic E-state index is 10.2. The Morgan fingerprint density at radius 3 is 2.13 bits per heavy atom. The number of esters is 1. The Balaban J connectivity index is 0. The Hall–Kier alpha value is -0.910. The largest absolute Gasteiger partial charge is 0.466 e. The highest BCUT2D eigenvalue weighted by atomic mass is 16.5. The number of ether oxygens (including phenoxy) is 3. The molecule has 0 bridgehead atoms. The summed E-state index contributed by atoms with van der Waals surface area (Å²) in [7, 11) is 2.94. The Kier molecular flexibility index (Phi) is 14.4. The van der Waals surface area contributed by atoms with Crippen LogP contribution in [0.4, 0.5) is 0 Å². The maximum Gasteiger partial charge on any atom is 0.332 e. The number of hydrogen-bond acceptors (Lipinski definition) is 5. The third-order valence-electron chi connectivity index (χ3n) is 1.20. The molecule has 0 heterocycles. The molecule has 0 saturated carbocycles. The Labute approximate surface area is 90.6 Å². The lowest BCUT2D eigenvalue weighted by Gasteiger charge is -1.98. The number of carbonyl (C=O) groups excluding carboxylic acids is 1. The van der Waals surface area contributed by atoms with Crippen molar-refractivity contribution in [3.05, 3.63) is 12.2 Å². The number of hydrogen-bond donors (Lipinski definition) is 1. The van der Waals surface area contributed by atoms with Gasteiger partial charge in [-0.3, -0.25) is 0 Å². The summed E-state index contributed by atoms with van der Waals surface area (Å²) in [6.45, 7) is 6.61. The molecule has 0 aromatic carbocycles. The Bertz CT molecular complexity index is 161. The number of methoxy groups -OCH3 is 2. The highest BCUT2D eigenvalue weighted by Crippen LogP contribution is 1.87. The van der Waals surface area contributed by atoms with Crippen LogP contribution < -0.4 is 0 Å². The minimum atomic E-state index is -0.347. The maximum atomic E-state index is 10.2. The van der Waals surface area contributed by atoms with Gasteiger partial charge in [0.1, 0.15) is 0 Å². The molecule has 1 N–H and O–H groups in total. The lowest BCUT2D eigenvalue weighted by Crippen LogP contribution is -2.05. The molecule has 0 aromatic rings. The first kappa shape index (κ1) is 16.5. The van der Waals surface area contributed by atoms with Crippen LogP contribution in [0.25, 0.3) is 0 Å². The number of aliphatic hydroxyl groups is 1. The topological polar surface area (TPSA) is 65.0 Å². The second-order valence-electron chi connectivity index (χ2n) is 2.60. The van der Waals surface area contributed by atoms with Crippen LogP contribution in [0, 0.1) is 0 Å². The van der Waals surface area contributed by atoms with E-state index in [4.69, 9.17) is 9.84 Å². The molecule has 0 aliphatic heterocycles. The first-order valence-electron chi connectivity index (χ1n) is 4.51. The van der Waals surface area contributed by atoms with Crippen molar-refractivity contribution in [1.29, 1.82) is 0 Å². The van der Waals surface area contributed by atoms with E-state index in [1.807, 2.05) is 0 Å². The molecule has 0 amide bonds. The smallest absolute Gasteiger partial charge is 0.332 e. The minimum absolute atomic E-state index is 0.0870. The highest BCUT2D eigenvalue weighted by Gasteiger charge is 1.95. The molecule has 15 heavy (non-hydrogen) atoms. The van der Waals surface area contributed by atoms with Gasteiger partial charge in [-0.1, -0.05) is 6.58 Å². The van der Waals surface area contributed by atoms with Crippen LogP contribution in [0.15, 0.2) is 12.2 Å². The lowest BCUT2D eigenvalue weighted by atomic mass is 10.4. The highest BCUT2D eigenvalue weighted by molar-refractivity contribution is 5.86. The average Bonchev–Trinajstić information content (AvgIpc) is 2.24. The number of rotatable bonds is 6. The predicted octanol–water partition coefficient (Wildman–Crippen LogP) is 0.377. The van der Waals surface area contributed by atoms with E-state index in [1.54, 1.807) is 14.0 Å². The van der Waals surface area contributed by atoms with Crippen molar-refractivity contribution in [3.8, 4) is 0 Å². The van der Waals surface area contributed by atoms with Crippen LogP contribution in [0.1, 0.15) is 6.92 Å². The number of carbonyl (C=O) groups is 1. The van der Waals surface area contributed by atoms with E-state index in [2.05, 4.69) is 16.1 Å². The van der Waals surface area contributed by atoms with Gasteiger partial charge in [0.25, 0.3) is 0 Å². The summed E-state index contributed by atoms with van der Waals surface area (Å²) >= 11 is 0. The summed E-state index contributed by atoms with van der Waals surface area (Å²) in [5.41, 5.74) is 0.433. The fourth-order valence-corrected chi connectivity index (χ4v) is 0.483. The SMILES string of the molecule is C=C(C)C(=O)OC.COCCOCCO. The van der Waals surface area contributed by atoms with Crippen LogP contribution in [0.2, 0.25) is 0 Å². The molecule has 0 radical (unpaired) electrons. The summed E-state index contributed by atoms with van der Waals surface area (Å²) in [6.07, 6.45) is 0. The molecule has 5 nitrogen and oxygen atoms in total. The van der Waals surface area contributed by atoms with Crippen LogP contribution in [0.5, 0.6) is 0 Å². The standard InChI is InChI=1S/C5H12O3.C5H8O2/c1-7-4-5-8-3-2-6;1-4(2)5(6)7-3/h6H,2-5H2,1H3;1H2,2-3H3. The van der Waals surface area contributed by atoms with E-state index >= 15 is 0 Å². The van der Waals surface area contributed by atoms with Crippen molar-refractivity contribution in [2.24, 2.45) is 0 Å². The van der Waals surface area contributed by atoms with E-state index in [0.29, 0.717) is 25.4 Å². The van der Waals surface area contributed by atoms with Crippen LogP contribution >= 0.6 is 0 Å². The molecular formula is C10H20O5. The first-order chi connectivity index (χ1) is 7.09. The molecule has 0 aliphatic carbocycles. The Morgan fingerprint density at radius 2 is 1.87 bits per heavy atom. The molecule has 0 atom stereocenters. The van der Waals surface area contributed by atoms with E-state index in [9.17, 15) is 4.79 Å². The van der Waals surface area contributed by atoms with E-state index in [-0.39, 0.29) is 12.6 Å². The van der Waals surface area contributed by atoms with Gasteiger partial charge in [0, 0.05) is 12.7 Å². The van der Waals surface area contributed by atoms with Crippen molar-refractivity contribution in [2.45, 2.75) is 6.92 Å². The van der Waals surface area contributed by atoms with E-state index < -0.39 is 0 Å². The summed E-state index contributed by atoms with van der Waals surface area (Å²) in [5.74, 6) is -0.347. The molecule has 5 heteroatoms. The molecule has 0 rings (SSSR count). The molecule has 0 saturated heterocycles. The van der Waals surface area contributed by atoms with Gasteiger partial charge < -0.3 is 19.3 Å². The molecule has 0 aromatic heterocycles. The zero-order chi connectivity index (χ0) is 12.1. The summed E-state index contributed by atoms with van der Waals surface area (Å²) in [5, 5.41) is 8.20. The third kappa shape index (κ3) is 15.8. The van der Waals surface area contributed by atoms with Gasteiger partial charge in [0.2, 0.25) is 0 Å². The molecule has 0 aliphatic rings. The van der Waals surface area contributed by atoms with Crippen molar-refractivity contribution >= 4 is 5.97 Å². The van der Waals surface area contributed by atoms with Crippen LogP contribution in [0.3, 0.4) is 0 Å². The quantitative estimate of drug-likeness (QED) is 0.398. The zero-order valence-corrected chi connectivity index (χ0v) is 9.62. The van der Waals surface area contributed by atoms with Crippen LogP contribution in [-0.2, 0) is 19.0 Å². The van der Waals surface area contributed by atoms with Crippen molar-refractivity contribution < 1.29 is 24.1 Å². The fourth-order valence-electron chi connectivity index (χ4n) is 0.483. The molecule has 0 spiro atoms. The zero-order valence-electron chi connectivity index (χ0n) is 9.62. The molecule has 90 valence electrons. The average molecular weight is 220 g/mol. The lowest BCUT2D eigenvalue weighted by molar-refractivity contribution is -0.136. The second-order valence-corrected chi connectivity index (χ2v) is 2.60. The second kappa shape index (κ2) is 13.1.